The standard InChI is InChI=1S/C18H27BrN2O2/c1-13-15(19)8-5-9-16(13)20-11-14-7-6-10-21(12-14)17(22)23-18(2,3)4/h5,8-9,14,20H,6-7,10-12H2,1-4H3. The molecule has 0 spiro atoms. The molecular formula is C18H27BrN2O2. The summed E-state index contributed by atoms with van der Waals surface area (Å²) in [5.74, 6) is 0.453. The van der Waals surface area contributed by atoms with Crippen LogP contribution >= 0.6 is 15.9 Å². The van der Waals surface area contributed by atoms with Crippen LogP contribution in [0.25, 0.3) is 0 Å². The molecule has 23 heavy (non-hydrogen) atoms. The van der Waals surface area contributed by atoms with Crippen molar-refractivity contribution in [3.63, 3.8) is 0 Å². The molecule has 1 atom stereocenters. The molecule has 0 bridgehead atoms. The van der Waals surface area contributed by atoms with Crippen molar-refractivity contribution < 1.29 is 9.53 Å². The van der Waals surface area contributed by atoms with Crippen molar-refractivity contribution in [3.05, 3.63) is 28.2 Å². The summed E-state index contributed by atoms with van der Waals surface area (Å²) in [6.07, 6.45) is 1.98. The average Bonchev–Trinajstić information content (AvgIpc) is 2.47. The maximum atomic E-state index is 12.2. The number of hydrogen-bond acceptors (Lipinski definition) is 3. The third kappa shape index (κ3) is 5.41. The van der Waals surface area contributed by atoms with Crippen LogP contribution < -0.4 is 5.32 Å². The van der Waals surface area contributed by atoms with Crippen LogP contribution in [-0.4, -0.2) is 36.2 Å². The quantitative estimate of drug-likeness (QED) is 0.814. The van der Waals surface area contributed by atoms with Crippen LogP contribution in [0, 0.1) is 12.8 Å². The fourth-order valence-electron chi connectivity index (χ4n) is 2.78. The Morgan fingerprint density at radius 2 is 2.17 bits per heavy atom. The van der Waals surface area contributed by atoms with E-state index < -0.39 is 5.60 Å². The molecule has 0 saturated carbocycles. The number of hydrogen-bond donors (Lipinski definition) is 1. The second-order valence-electron chi connectivity index (χ2n) is 7.23. The second-order valence-corrected chi connectivity index (χ2v) is 8.08. The van der Waals surface area contributed by atoms with E-state index in [0.29, 0.717) is 5.92 Å². The normalized spacial score (nSPS) is 18.7. The van der Waals surface area contributed by atoms with Crippen LogP contribution in [0.15, 0.2) is 22.7 Å². The Labute approximate surface area is 147 Å². The molecule has 128 valence electrons. The summed E-state index contributed by atoms with van der Waals surface area (Å²) in [7, 11) is 0. The van der Waals surface area contributed by atoms with Crippen molar-refractivity contribution in [1.29, 1.82) is 0 Å². The summed E-state index contributed by atoms with van der Waals surface area (Å²) < 4.78 is 6.60. The fourth-order valence-corrected chi connectivity index (χ4v) is 3.14. The Bertz CT molecular complexity index is 554. The number of carbonyl (C=O) groups is 1. The van der Waals surface area contributed by atoms with E-state index in [-0.39, 0.29) is 6.09 Å². The van der Waals surface area contributed by atoms with E-state index in [1.54, 1.807) is 0 Å². The number of nitrogens with zero attached hydrogens (tertiary/aromatic N) is 1. The van der Waals surface area contributed by atoms with Gasteiger partial charge in [0, 0.05) is 29.8 Å². The molecule has 1 unspecified atom stereocenters. The van der Waals surface area contributed by atoms with E-state index in [9.17, 15) is 4.79 Å². The van der Waals surface area contributed by atoms with Gasteiger partial charge in [0.05, 0.1) is 0 Å². The summed E-state index contributed by atoms with van der Waals surface area (Å²) in [5.41, 5.74) is 1.93. The van der Waals surface area contributed by atoms with Gasteiger partial charge in [-0.25, -0.2) is 4.79 Å². The van der Waals surface area contributed by atoms with Gasteiger partial charge in [0.15, 0.2) is 0 Å². The summed E-state index contributed by atoms with van der Waals surface area (Å²) in [6.45, 7) is 10.2. The van der Waals surface area contributed by atoms with E-state index in [0.717, 1.165) is 42.6 Å². The molecular weight excluding hydrogens is 356 g/mol. The van der Waals surface area contributed by atoms with Crippen molar-refractivity contribution in [2.45, 2.75) is 46.1 Å². The zero-order chi connectivity index (χ0) is 17.0. The van der Waals surface area contributed by atoms with Gasteiger partial charge in [-0.1, -0.05) is 22.0 Å². The zero-order valence-electron chi connectivity index (χ0n) is 14.5. The first-order valence-corrected chi connectivity index (χ1v) is 9.02. The van der Waals surface area contributed by atoms with Gasteiger partial charge < -0.3 is 15.0 Å². The largest absolute Gasteiger partial charge is 0.444 e. The first-order chi connectivity index (χ1) is 10.8. The molecule has 1 heterocycles. The molecule has 1 saturated heterocycles. The SMILES string of the molecule is Cc1c(Br)cccc1NCC1CCCN(C(=O)OC(C)(C)C)C1. The van der Waals surface area contributed by atoms with Gasteiger partial charge in [-0.05, 0) is 64.2 Å². The minimum absolute atomic E-state index is 0.194. The van der Waals surface area contributed by atoms with Crippen LogP contribution in [0.5, 0.6) is 0 Å². The number of rotatable bonds is 3. The lowest BCUT2D eigenvalue weighted by Crippen LogP contribution is -2.44. The molecule has 1 aliphatic heterocycles. The number of halogens is 1. The number of likely N-dealkylation sites (tertiary alicyclic amines) is 1. The van der Waals surface area contributed by atoms with Crippen molar-refractivity contribution in [2.75, 3.05) is 25.0 Å². The van der Waals surface area contributed by atoms with Crippen molar-refractivity contribution >= 4 is 27.7 Å². The number of benzene rings is 1. The summed E-state index contributed by atoms with van der Waals surface area (Å²) in [6, 6.07) is 6.17. The highest BCUT2D eigenvalue weighted by Gasteiger charge is 2.27. The van der Waals surface area contributed by atoms with Gasteiger partial charge in [-0.3, -0.25) is 0 Å². The Morgan fingerprint density at radius 3 is 2.87 bits per heavy atom. The molecule has 5 heteroatoms. The van der Waals surface area contributed by atoms with E-state index in [4.69, 9.17) is 4.74 Å². The topological polar surface area (TPSA) is 41.6 Å². The van der Waals surface area contributed by atoms with Crippen LogP contribution in [0.1, 0.15) is 39.2 Å². The first kappa shape index (κ1) is 18.1. The zero-order valence-corrected chi connectivity index (χ0v) is 16.1. The van der Waals surface area contributed by atoms with E-state index in [2.05, 4.69) is 34.2 Å². The van der Waals surface area contributed by atoms with Crippen LogP contribution in [0.4, 0.5) is 10.5 Å². The second kappa shape index (κ2) is 7.56. The third-order valence-corrected chi connectivity index (χ3v) is 4.88. The van der Waals surface area contributed by atoms with Crippen LogP contribution in [-0.2, 0) is 4.74 Å². The van der Waals surface area contributed by atoms with Crippen molar-refractivity contribution in [1.82, 2.24) is 4.90 Å². The number of piperidine rings is 1. The van der Waals surface area contributed by atoms with Gasteiger partial charge in [0.2, 0.25) is 0 Å². The number of nitrogens with one attached hydrogen (secondary N) is 1. The monoisotopic (exact) mass is 382 g/mol. The molecule has 0 aromatic heterocycles. The highest BCUT2D eigenvalue weighted by atomic mass is 79.9. The lowest BCUT2D eigenvalue weighted by atomic mass is 9.98. The summed E-state index contributed by atoms with van der Waals surface area (Å²) in [5, 5.41) is 3.52. The predicted molar refractivity (Wildman–Crippen MR) is 97.9 cm³/mol. The fraction of sp³-hybridized carbons (Fsp3) is 0.611. The highest BCUT2D eigenvalue weighted by molar-refractivity contribution is 9.10. The lowest BCUT2D eigenvalue weighted by Gasteiger charge is -2.34. The number of amides is 1. The highest BCUT2D eigenvalue weighted by Crippen LogP contribution is 2.25. The molecule has 1 fully saturated rings. The van der Waals surface area contributed by atoms with E-state index >= 15 is 0 Å². The summed E-state index contributed by atoms with van der Waals surface area (Å²) in [4.78, 5) is 14.1. The first-order valence-electron chi connectivity index (χ1n) is 8.23. The van der Waals surface area contributed by atoms with Crippen LogP contribution in [0.3, 0.4) is 0 Å². The Morgan fingerprint density at radius 1 is 1.43 bits per heavy atom. The molecule has 1 aliphatic rings. The molecule has 1 aromatic rings. The number of anilines is 1. The Kier molecular flexibility index (Phi) is 5.95. The van der Waals surface area contributed by atoms with Gasteiger partial charge >= 0.3 is 6.09 Å². The number of carbonyl (C=O) groups excluding carboxylic acids is 1. The Balaban J connectivity index is 1.89. The van der Waals surface area contributed by atoms with Gasteiger partial charge in [-0.15, -0.1) is 0 Å². The van der Waals surface area contributed by atoms with Crippen molar-refractivity contribution in [2.24, 2.45) is 5.92 Å². The molecule has 1 aromatic carbocycles. The smallest absolute Gasteiger partial charge is 0.410 e. The molecule has 0 aliphatic carbocycles. The van der Waals surface area contributed by atoms with Crippen molar-refractivity contribution in [3.8, 4) is 0 Å². The van der Waals surface area contributed by atoms with E-state index in [1.807, 2.05) is 37.8 Å². The molecule has 4 nitrogen and oxygen atoms in total. The third-order valence-electron chi connectivity index (χ3n) is 4.02. The minimum Gasteiger partial charge on any atom is -0.444 e. The maximum absolute atomic E-state index is 12.2. The van der Waals surface area contributed by atoms with Gasteiger partial charge in [0.1, 0.15) is 5.60 Å². The van der Waals surface area contributed by atoms with Crippen LogP contribution in [0.2, 0.25) is 0 Å². The average molecular weight is 383 g/mol. The van der Waals surface area contributed by atoms with E-state index in [1.165, 1.54) is 5.56 Å². The summed E-state index contributed by atoms with van der Waals surface area (Å²) >= 11 is 3.56. The lowest BCUT2D eigenvalue weighted by molar-refractivity contribution is 0.0172. The molecule has 1 N–H and O–H groups in total. The Hall–Kier alpha value is -1.23. The predicted octanol–water partition coefficient (Wildman–Crippen LogP) is 4.82. The van der Waals surface area contributed by atoms with Gasteiger partial charge in [-0.2, -0.15) is 0 Å². The molecule has 0 radical (unpaired) electrons. The molecule has 1 amide bonds. The number of ether oxygens (including phenoxy) is 1. The minimum atomic E-state index is -0.435. The molecule has 2 rings (SSSR count). The van der Waals surface area contributed by atoms with Gasteiger partial charge in [0.25, 0.3) is 0 Å². The maximum Gasteiger partial charge on any atom is 0.410 e.